The van der Waals surface area contributed by atoms with E-state index in [9.17, 15) is 10.2 Å². The molecule has 0 aromatic heterocycles. The van der Waals surface area contributed by atoms with Crippen LogP contribution in [0.3, 0.4) is 0 Å². The van der Waals surface area contributed by atoms with E-state index in [1.165, 1.54) is 48.5 Å². The molecule has 0 radical (unpaired) electrons. The molecule has 2 aromatic rings. The summed E-state index contributed by atoms with van der Waals surface area (Å²) >= 11 is 0. The number of fused-ring (bicyclic) bond motifs is 8. The van der Waals surface area contributed by atoms with Crippen LogP contribution in [-0.2, 0) is 10.8 Å². The number of nitrogens with zero attached hydrogens (tertiary/aromatic N) is 4. The molecule has 7 heterocycles. The Morgan fingerprint density at radius 2 is 1.13 bits per heavy atom. The van der Waals surface area contributed by atoms with Crippen molar-refractivity contribution in [2.24, 2.45) is 11.8 Å². The molecule has 2 unspecified atom stereocenters. The van der Waals surface area contributed by atoms with Gasteiger partial charge in [-0.15, -0.1) is 0 Å². The van der Waals surface area contributed by atoms with E-state index in [0.717, 1.165) is 34.9 Å². The van der Waals surface area contributed by atoms with Gasteiger partial charge in [0, 0.05) is 61.3 Å². The van der Waals surface area contributed by atoms with E-state index in [-0.39, 0.29) is 36.1 Å². The molecule has 2 spiro atoms. The maximum Gasteiger partial charge on any atom is 0.102 e. The predicted molar refractivity (Wildman–Crippen MR) is 180 cm³/mol. The molecule has 2 aromatic carbocycles. The lowest BCUT2D eigenvalue weighted by Crippen LogP contribution is -2.68. The summed E-state index contributed by atoms with van der Waals surface area (Å²) in [6.07, 6.45) is 14.4. The second-order valence-corrected chi connectivity index (χ2v) is 16.7. The van der Waals surface area contributed by atoms with Crippen LogP contribution in [0.2, 0.25) is 0 Å². The van der Waals surface area contributed by atoms with Crippen LogP contribution in [0.4, 0.5) is 11.4 Å². The molecule has 6 fully saturated rings. The minimum atomic E-state index is 0.0790. The maximum absolute atomic E-state index is 10.3. The zero-order chi connectivity index (χ0) is 30.8. The first kappa shape index (κ1) is 26.9. The average Bonchev–Trinajstić information content (AvgIpc) is 3.73. The van der Waals surface area contributed by atoms with E-state index in [2.05, 4.69) is 97.0 Å². The standard InChI is InChI=1S/C40H46N4O2/c1-43-15-13-39-31-7-3-5-9-33(31)41-22-30-28-20-36-40(14-16-44(36,2)24-26(28)12-18-46)32-8-4-6-10-34(32)42(38(30)40)21-29(37(39)41)27(19-35(39)43)25(23-43)11-17-45/h3-12,21-22,27-28,35-38,45-46H,13-20,23-24H2,1-2H3/q+2/t27-,28-,35+,36+,37+,38+,39-,40+,43?,44?/m1/s1. The number of benzene rings is 2. The zero-order valence-electron chi connectivity index (χ0n) is 27.1. The number of anilines is 2. The Hall–Kier alpha value is -3.16. The number of rotatable bonds is 2. The van der Waals surface area contributed by atoms with Crippen LogP contribution in [-0.4, -0.2) is 96.8 Å². The average molecular weight is 615 g/mol. The molecule has 9 aliphatic rings. The van der Waals surface area contributed by atoms with Gasteiger partial charge in [-0.25, -0.2) is 0 Å². The summed E-state index contributed by atoms with van der Waals surface area (Å²) in [6, 6.07) is 20.5. The normalized spacial score (nSPS) is 46.3. The summed E-state index contributed by atoms with van der Waals surface area (Å²) in [5.41, 5.74) is 12.1. The highest BCUT2D eigenvalue weighted by atomic mass is 16.3. The number of hydrogen-bond donors (Lipinski definition) is 2. The quantitative estimate of drug-likeness (QED) is 0.390. The molecular weight excluding hydrogens is 568 g/mol. The molecule has 11 rings (SSSR count). The number of aliphatic hydroxyl groups excluding tert-OH is 2. The van der Waals surface area contributed by atoms with Crippen LogP contribution < -0.4 is 9.80 Å². The summed E-state index contributed by atoms with van der Waals surface area (Å²) < 4.78 is 2.18. The van der Waals surface area contributed by atoms with Crippen LogP contribution in [0.25, 0.3) is 0 Å². The van der Waals surface area contributed by atoms with E-state index in [4.69, 9.17) is 0 Å². The van der Waals surface area contributed by atoms with E-state index < -0.39 is 0 Å². The maximum atomic E-state index is 10.3. The Balaban J connectivity index is 1.24. The van der Waals surface area contributed by atoms with Crippen LogP contribution in [0.1, 0.15) is 36.8 Å². The van der Waals surface area contributed by atoms with Crippen LogP contribution >= 0.6 is 0 Å². The number of quaternary nitrogens is 2. The van der Waals surface area contributed by atoms with E-state index in [1.54, 1.807) is 22.3 Å². The number of piperidine rings is 2. The molecular formula is C40H46N4O2+2. The molecule has 2 saturated carbocycles. The summed E-state index contributed by atoms with van der Waals surface area (Å²) in [5, 5.41) is 20.6. The first-order valence-corrected chi connectivity index (χ1v) is 17.8. The van der Waals surface area contributed by atoms with Crippen LogP contribution in [0.5, 0.6) is 0 Å². The summed E-state index contributed by atoms with van der Waals surface area (Å²) in [6.45, 7) is 4.70. The second-order valence-electron chi connectivity index (χ2n) is 16.7. The van der Waals surface area contributed by atoms with Gasteiger partial charge < -0.3 is 29.0 Å². The minimum absolute atomic E-state index is 0.0790. The van der Waals surface area contributed by atoms with Gasteiger partial charge in [-0.3, -0.25) is 0 Å². The Bertz CT molecular complexity index is 1730. The topological polar surface area (TPSA) is 46.9 Å². The third-order valence-corrected chi connectivity index (χ3v) is 15.3. The van der Waals surface area contributed by atoms with Crippen molar-refractivity contribution in [2.75, 3.05) is 63.3 Å². The van der Waals surface area contributed by atoms with E-state index >= 15 is 0 Å². The molecule has 6 nitrogen and oxygen atoms in total. The lowest BCUT2D eigenvalue weighted by atomic mass is 9.56. The molecule has 46 heavy (non-hydrogen) atoms. The highest BCUT2D eigenvalue weighted by Crippen LogP contribution is 2.69. The highest BCUT2D eigenvalue weighted by molar-refractivity contribution is 5.77. The highest BCUT2D eigenvalue weighted by Gasteiger charge is 2.74. The largest absolute Gasteiger partial charge is 0.392 e. The third kappa shape index (κ3) is 2.77. The predicted octanol–water partition coefficient (Wildman–Crippen LogP) is 4.36. The molecule has 10 atom stereocenters. The van der Waals surface area contributed by atoms with Gasteiger partial charge >= 0.3 is 0 Å². The molecule has 4 bridgehead atoms. The van der Waals surface area contributed by atoms with E-state index in [0.29, 0.717) is 23.9 Å². The minimum Gasteiger partial charge on any atom is -0.392 e. The lowest BCUT2D eigenvalue weighted by Gasteiger charge is -2.58. The first-order chi connectivity index (χ1) is 22.4. The van der Waals surface area contributed by atoms with Gasteiger partial charge in [0.05, 0.1) is 63.3 Å². The number of aliphatic hydroxyl groups is 2. The second kappa shape index (κ2) is 8.46. The molecule has 6 heteroatoms. The van der Waals surface area contributed by atoms with Gasteiger partial charge in [0.2, 0.25) is 0 Å². The van der Waals surface area contributed by atoms with Gasteiger partial charge in [-0.1, -0.05) is 48.6 Å². The fraction of sp³-hybridized carbons (Fsp3) is 0.500. The van der Waals surface area contributed by atoms with Gasteiger partial charge in [0.15, 0.2) is 0 Å². The Morgan fingerprint density at radius 1 is 0.696 bits per heavy atom. The Kier molecular flexibility index (Phi) is 4.94. The van der Waals surface area contributed by atoms with Crippen LogP contribution in [0, 0.1) is 11.8 Å². The van der Waals surface area contributed by atoms with Crippen molar-refractivity contribution in [3.05, 3.63) is 107 Å². The summed E-state index contributed by atoms with van der Waals surface area (Å²) in [4.78, 5) is 5.55. The number of para-hydroxylation sites is 2. The fourth-order valence-electron chi connectivity index (χ4n) is 13.8. The van der Waals surface area contributed by atoms with Gasteiger partial charge in [-0.2, -0.15) is 0 Å². The summed E-state index contributed by atoms with van der Waals surface area (Å²) in [5.74, 6) is 0.709. The monoisotopic (exact) mass is 614 g/mol. The molecule has 236 valence electrons. The molecule has 2 aliphatic carbocycles. The SMILES string of the molecule is C[N+]12CC[C@@]34c5ccccc5N5C=C6[C@@H]7C[C@H]8[C@]9(CC[N+]8(C)CC7=CCO)c7ccccc7N(C=C([C@H](C[C@@H]31)C(=CCO)C2)[C@H]54)[C@@H]69. The van der Waals surface area contributed by atoms with Crippen molar-refractivity contribution in [3.8, 4) is 0 Å². The van der Waals surface area contributed by atoms with Crippen molar-refractivity contribution >= 4 is 11.4 Å². The fourth-order valence-corrected chi connectivity index (χ4v) is 13.8. The smallest absolute Gasteiger partial charge is 0.102 e. The molecule has 7 aliphatic heterocycles. The summed E-state index contributed by atoms with van der Waals surface area (Å²) in [7, 11) is 5.01. The van der Waals surface area contributed by atoms with Crippen molar-refractivity contribution in [2.45, 2.75) is 60.7 Å². The molecule has 0 amide bonds. The van der Waals surface area contributed by atoms with Crippen molar-refractivity contribution in [1.29, 1.82) is 0 Å². The molecule has 2 N–H and O–H groups in total. The van der Waals surface area contributed by atoms with E-state index in [1.807, 2.05) is 0 Å². The van der Waals surface area contributed by atoms with Gasteiger partial charge in [-0.05, 0) is 45.6 Å². The van der Waals surface area contributed by atoms with Gasteiger partial charge in [0.1, 0.15) is 25.2 Å². The zero-order valence-corrected chi connectivity index (χ0v) is 27.1. The molecule has 4 saturated heterocycles. The van der Waals surface area contributed by atoms with Crippen molar-refractivity contribution < 1.29 is 19.2 Å². The Morgan fingerprint density at radius 3 is 1.57 bits per heavy atom. The number of hydrogen-bond acceptors (Lipinski definition) is 4. The van der Waals surface area contributed by atoms with Crippen LogP contribution in [0.15, 0.2) is 95.4 Å². The van der Waals surface area contributed by atoms with Crippen molar-refractivity contribution in [1.82, 2.24) is 0 Å². The lowest BCUT2D eigenvalue weighted by molar-refractivity contribution is -0.924. The number of likely N-dealkylation sites (N-methyl/N-ethyl adjacent to an activating group) is 2. The first-order valence-electron chi connectivity index (χ1n) is 17.8. The van der Waals surface area contributed by atoms with Gasteiger partial charge in [0.25, 0.3) is 0 Å². The third-order valence-electron chi connectivity index (χ3n) is 15.3. The Labute approximate surface area is 272 Å². The van der Waals surface area contributed by atoms with Crippen molar-refractivity contribution in [3.63, 3.8) is 0 Å².